The third-order valence-electron chi connectivity index (χ3n) is 2.61. The second-order valence-electron chi connectivity index (χ2n) is 4.01. The normalized spacial score (nSPS) is 10.4. The molecule has 1 aromatic carbocycles. The molecule has 2 N–H and O–H groups in total. The molecular formula is C13H14FN3O2. The molecule has 5 nitrogen and oxygen atoms in total. The van der Waals surface area contributed by atoms with Crippen LogP contribution in [-0.4, -0.2) is 15.7 Å². The first kappa shape index (κ1) is 13.1. The number of hydrogen-bond acceptors (Lipinski definition) is 4. The van der Waals surface area contributed by atoms with E-state index in [4.69, 9.17) is 10.5 Å². The summed E-state index contributed by atoms with van der Waals surface area (Å²) in [6.45, 7) is 2.82. The van der Waals surface area contributed by atoms with Crippen molar-refractivity contribution < 1.29 is 13.9 Å². The van der Waals surface area contributed by atoms with Crippen molar-refractivity contribution in [3.8, 4) is 0 Å². The smallest absolute Gasteiger partial charge is 0.340 e. The second-order valence-corrected chi connectivity index (χ2v) is 4.01. The van der Waals surface area contributed by atoms with E-state index in [-0.39, 0.29) is 17.9 Å². The van der Waals surface area contributed by atoms with Crippen LogP contribution in [0.15, 0.2) is 30.6 Å². The monoisotopic (exact) mass is 263 g/mol. The van der Waals surface area contributed by atoms with Crippen LogP contribution in [0.1, 0.15) is 22.8 Å². The summed E-state index contributed by atoms with van der Waals surface area (Å²) in [4.78, 5) is 11.8. The number of benzene rings is 1. The number of halogens is 1. The van der Waals surface area contributed by atoms with E-state index in [0.29, 0.717) is 0 Å². The zero-order chi connectivity index (χ0) is 13.8. The van der Waals surface area contributed by atoms with Crippen LogP contribution in [0.4, 0.5) is 10.1 Å². The van der Waals surface area contributed by atoms with Crippen molar-refractivity contribution in [1.82, 2.24) is 9.78 Å². The van der Waals surface area contributed by atoms with E-state index in [1.807, 2.05) is 6.92 Å². The Hall–Kier alpha value is -2.37. The highest BCUT2D eigenvalue weighted by molar-refractivity contribution is 5.94. The number of carbonyl (C=O) groups excluding carboxylic acids is 1. The number of nitrogen functional groups attached to an aromatic ring is 1. The van der Waals surface area contributed by atoms with E-state index in [1.165, 1.54) is 12.1 Å². The van der Waals surface area contributed by atoms with Gasteiger partial charge in [-0.3, -0.25) is 4.68 Å². The van der Waals surface area contributed by atoms with Crippen LogP contribution >= 0.6 is 0 Å². The number of esters is 1. The minimum atomic E-state index is -0.582. The molecule has 0 aliphatic heterocycles. The maximum atomic E-state index is 12.9. The van der Waals surface area contributed by atoms with Crippen LogP contribution < -0.4 is 5.73 Å². The average molecular weight is 263 g/mol. The fraction of sp³-hybridized carbons (Fsp3) is 0.231. The lowest BCUT2D eigenvalue weighted by atomic mass is 10.2. The third-order valence-corrected chi connectivity index (χ3v) is 2.61. The molecule has 0 aliphatic carbocycles. The van der Waals surface area contributed by atoms with Gasteiger partial charge < -0.3 is 10.5 Å². The molecule has 0 saturated carbocycles. The zero-order valence-electron chi connectivity index (χ0n) is 10.5. The van der Waals surface area contributed by atoms with Crippen molar-refractivity contribution in [3.05, 3.63) is 47.5 Å². The number of nitrogens with two attached hydrogens (primary N) is 1. The van der Waals surface area contributed by atoms with Crippen LogP contribution in [0.3, 0.4) is 0 Å². The van der Waals surface area contributed by atoms with Gasteiger partial charge >= 0.3 is 5.97 Å². The van der Waals surface area contributed by atoms with Crippen LogP contribution in [0, 0.1) is 5.82 Å². The van der Waals surface area contributed by atoms with Gasteiger partial charge in [-0.05, 0) is 25.1 Å². The Morgan fingerprint density at radius 2 is 2.32 bits per heavy atom. The summed E-state index contributed by atoms with van der Waals surface area (Å²) in [6, 6.07) is 3.57. The fourth-order valence-corrected chi connectivity index (χ4v) is 1.60. The molecule has 1 heterocycles. The third kappa shape index (κ3) is 3.09. The summed E-state index contributed by atoms with van der Waals surface area (Å²) in [5.74, 6) is -1.07. The van der Waals surface area contributed by atoms with Gasteiger partial charge in [-0.15, -0.1) is 0 Å². The number of anilines is 1. The van der Waals surface area contributed by atoms with E-state index in [0.717, 1.165) is 18.2 Å². The molecule has 19 heavy (non-hydrogen) atoms. The van der Waals surface area contributed by atoms with E-state index in [2.05, 4.69) is 5.10 Å². The molecule has 0 unspecified atom stereocenters. The largest absolute Gasteiger partial charge is 0.457 e. The Bertz CT molecular complexity index is 595. The predicted molar refractivity (Wildman–Crippen MR) is 67.8 cm³/mol. The minimum absolute atomic E-state index is 0.0641. The van der Waals surface area contributed by atoms with Gasteiger partial charge in [-0.2, -0.15) is 5.10 Å². The van der Waals surface area contributed by atoms with Crippen LogP contribution in [0.5, 0.6) is 0 Å². The number of ether oxygens (including phenoxy) is 1. The van der Waals surface area contributed by atoms with Crippen LogP contribution in [-0.2, 0) is 17.9 Å². The number of carbonyl (C=O) groups is 1. The van der Waals surface area contributed by atoms with Gasteiger partial charge in [-0.1, -0.05) is 0 Å². The van der Waals surface area contributed by atoms with Gasteiger partial charge in [0, 0.05) is 24.0 Å². The lowest BCUT2D eigenvalue weighted by Crippen LogP contribution is -2.08. The Balaban J connectivity index is 2.01. The first-order chi connectivity index (χ1) is 9.10. The molecule has 100 valence electrons. The number of hydrogen-bond donors (Lipinski definition) is 1. The number of aromatic nitrogens is 2. The van der Waals surface area contributed by atoms with E-state index < -0.39 is 11.8 Å². The van der Waals surface area contributed by atoms with Crippen molar-refractivity contribution in [3.63, 3.8) is 0 Å². The fourth-order valence-electron chi connectivity index (χ4n) is 1.60. The lowest BCUT2D eigenvalue weighted by Gasteiger charge is -2.05. The van der Waals surface area contributed by atoms with Crippen LogP contribution in [0.2, 0.25) is 0 Å². The highest BCUT2D eigenvalue weighted by Crippen LogP contribution is 2.15. The molecule has 0 bridgehead atoms. The molecule has 0 amide bonds. The molecule has 1 aromatic heterocycles. The summed E-state index contributed by atoms with van der Waals surface area (Å²) < 4.78 is 19.7. The van der Waals surface area contributed by atoms with Gasteiger partial charge in [0.25, 0.3) is 0 Å². The SMILES string of the molecule is CCn1cc(COC(=O)c2ccc(F)cc2N)cn1. The molecular weight excluding hydrogens is 249 g/mol. The second kappa shape index (κ2) is 5.51. The number of nitrogens with zero attached hydrogens (tertiary/aromatic N) is 2. The number of aryl methyl sites for hydroxylation is 1. The summed E-state index contributed by atoms with van der Waals surface area (Å²) in [7, 11) is 0. The standard InChI is InChI=1S/C13H14FN3O2/c1-2-17-7-9(6-16-17)8-19-13(18)11-4-3-10(14)5-12(11)15/h3-7H,2,8,15H2,1H3. The Morgan fingerprint density at radius 1 is 1.53 bits per heavy atom. The molecule has 6 heteroatoms. The zero-order valence-corrected chi connectivity index (χ0v) is 10.5. The topological polar surface area (TPSA) is 70.1 Å². The lowest BCUT2D eigenvalue weighted by molar-refractivity contribution is 0.0474. The predicted octanol–water partition coefficient (Wildman–Crippen LogP) is 1.98. The van der Waals surface area contributed by atoms with Crippen LogP contribution in [0.25, 0.3) is 0 Å². The van der Waals surface area contributed by atoms with Gasteiger partial charge in [0.05, 0.1) is 11.8 Å². The maximum Gasteiger partial charge on any atom is 0.340 e. The molecule has 0 saturated heterocycles. The van der Waals surface area contributed by atoms with Crippen molar-refractivity contribution in [1.29, 1.82) is 0 Å². The minimum Gasteiger partial charge on any atom is -0.457 e. The molecule has 2 aromatic rings. The van der Waals surface area contributed by atoms with Gasteiger partial charge in [0.1, 0.15) is 12.4 Å². The molecule has 0 aliphatic rings. The van der Waals surface area contributed by atoms with Crippen molar-refractivity contribution >= 4 is 11.7 Å². The maximum absolute atomic E-state index is 12.9. The summed E-state index contributed by atoms with van der Waals surface area (Å²) in [5, 5.41) is 4.07. The molecule has 0 atom stereocenters. The van der Waals surface area contributed by atoms with Gasteiger partial charge in [-0.25, -0.2) is 9.18 Å². The Morgan fingerprint density at radius 3 is 2.95 bits per heavy atom. The molecule has 0 fully saturated rings. The highest BCUT2D eigenvalue weighted by atomic mass is 19.1. The molecule has 2 rings (SSSR count). The van der Waals surface area contributed by atoms with Crippen molar-refractivity contribution in [2.45, 2.75) is 20.1 Å². The molecule has 0 radical (unpaired) electrons. The molecule has 0 spiro atoms. The van der Waals surface area contributed by atoms with Crippen molar-refractivity contribution in [2.24, 2.45) is 0 Å². The van der Waals surface area contributed by atoms with E-state index >= 15 is 0 Å². The quantitative estimate of drug-likeness (QED) is 0.676. The Labute approximate surface area is 109 Å². The van der Waals surface area contributed by atoms with Crippen molar-refractivity contribution in [2.75, 3.05) is 5.73 Å². The summed E-state index contributed by atoms with van der Waals surface area (Å²) in [6.07, 6.45) is 3.42. The number of rotatable bonds is 4. The van der Waals surface area contributed by atoms with E-state index in [1.54, 1.807) is 17.1 Å². The Kier molecular flexibility index (Phi) is 3.79. The first-order valence-electron chi connectivity index (χ1n) is 5.83. The van der Waals surface area contributed by atoms with Gasteiger partial charge in [0.15, 0.2) is 0 Å². The van der Waals surface area contributed by atoms with E-state index in [9.17, 15) is 9.18 Å². The average Bonchev–Trinajstić information content (AvgIpc) is 2.84. The highest BCUT2D eigenvalue weighted by Gasteiger charge is 2.12. The summed E-state index contributed by atoms with van der Waals surface area (Å²) >= 11 is 0. The summed E-state index contributed by atoms with van der Waals surface area (Å²) in [5.41, 5.74) is 6.57. The van der Waals surface area contributed by atoms with Gasteiger partial charge in [0.2, 0.25) is 0 Å². The first-order valence-corrected chi connectivity index (χ1v) is 5.83.